The first-order valence-electron chi connectivity index (χ1n) is 13.6. The Hall–Kier alpha value is -3.70. The molecular formula is C31H33ClN4O5S. The molecule has 0 radical (unpaired) electrons. The van der Waals surface area contributed by atoms with E-state index in [9.17, 15) is 13.2 Å². The minimum absolute atomic E-state index is 0.0589. The number of carbonyl (C=O) groups excluding carboxylic acids is 1. The summed E-state index contributed by atoms with van der Waals surface area (Å²) in [5, 5.41) is 3.46. The molecule has 3 aromatic carbocycles. The number of methoxy groups -OCH3 is 1. The molecule has 9 nitrogen and oxygen atoms in total. The van der Waals surface area contributed by atoms with E-state index in [0.29, 0.717) is 23.1 Å². The van der Waals surface area contributed by atoms with Crippen LogP contribution in [-0.4, -0.2) is 61.1 Å². The number of aromatic nitrogens is 2. The van der Waals surface area contributed by atoms with E-state index in [4.69, 9.17) is 26.1 Å². The number of hydrogen-bond acceptors (Lipinski definition) is 6. The van der Waals surface area contributed by atoms with Crippen molar-refractivity contribution in [2.24, 2.45) is 0 Å². The lowest BCUT2D eigenvalue weighted by Crippen LogP contribution is -2.42. The van der Waals surface area contributed by atoms with Gasteiger partial charge in [0.2, 0.25) is 21.9 Å². The number of carbonyl (C=O) groups is 1. The minimum Gasteiger partial charge on any atom is -0.497 e. The zero-order valence-electron chi connectivity index (χ0n) is 23.7. The summed E-state index contributed by atoms with van der Waals surface area (Å²) in [6.45, 7) is 4.25. The van der Waals surface area contributed by atoms with Gasteiger partial charge in [-0.15, -0.1) is 0 Å². The molecule has 0 bridgehead atoms. The molecule has 1 saturated heterocycles. The third-order valence-corrected chi connectivity index (χ3v) is 9.39. The van der Waals surface area contributed by atoms with Crippen LogP contribution in [0.2, 0.25) is 5.02 Å². The monoisotopic (exact) mass is 608 g/mol. The smallest absolute Gasteiger partial charge is 0.243 e. The van der Waals surface area contributed by atoms with Crippen LogP contribution < -0.4 is 10.1 Å². The molecular weight excluding hydrogens is 576 g/mol. The maximum absolute atomic E-state index is 13.7. The van der Waals surface area contributed by atoms with Crippen molar-refractivity contribution >= 4 is 33.5 Å². The highest BCUT2D eigenvalue weighted by Gasteiger charge is 2.31. The minimum atomic E-state index is -4.02. The molecule has 1 atom stereocenters. The summed E-state index contributed by atoms with van der Waals surface area (Å²) in [5.74, 6) is 0.280. The van der Waals surface area contributed by atoms with Crippen molar-refractivity contribution < 1.29 is 22.7 Å². The van der Waals surface area contributed by atoms with E-state index in [2.05, 4.69) is 5.32 Å². The van der Waals surface area contributed by atoms with Crippen molar-refractivity contribution in [2.75, 3.05) is 32.1 Å². The predicted molar refractivity (Wildman–Crippen MR) is 163 cm³/mol. The standard InChI is InChI=1S/C31H33ClN4O5S/c1-21-6-11-25(17-22(21)2)36-19-29(23-7-9-24(32)10-8-23)33-31(36)34-30(37)20-35(18-27-5-4-16-41-27)42(38,39)28-14-12-26(40-3)13-15-28/h6-15,17,19,27H,4-5,16,18,20H2,1-3H3,(H,33,34,37). The highest BCUT2D eigenvalue weighted by molar-refractivity contribution is 7.89. The molecule has 5 rings (SSSR count). The maximum Gasteiger partial charge on any atom is 0.243 e. The number of amides is 1. The second kappa shape index (κ2) is 12.7. The third-order valence-electron chi connectivity index (χ3n) is 7.31. The Kier molecular flexibility index (Phi) is 8.98. The molecule has 0 aliphatic carbocycles. The van der Waals surface area contributed by atoms with E-state index in [1.54, 1.807) is 28.8 Å². The number of halogens is 1. The summed E-state index contributed by atoms with van der Waals surface area (Å²) in [6.07, 6.45) is 3.10. The Labute approximate surface area is 251 Å². The molecule has 1 unspecified atom stereocenters. The zero-order valence-corrected chi connectivity index (χ0v) is 25.3. The quantitative estimate of drug-likeness (QED) is 0.250. The summed E-state index contributed by atoms with van der Waals surface area (Å²) in [5.41, 5.74) is 4.47. The molecule has 11 heteroatoms. The lowest BCUT2D eigenvalue weighted by atomic mass is 10.1. The average molecular weight is 609 g/mol. The van der Waals surface area contributed by atoms with Gasteiger partial charge in [-0.2, -0.15) is 4.31 Å². The maximum atomic E-state index is 13.7. The van der Waals surface area contributed by atoms with Gasteiger partial charge in [-0.05, 0) is 86.3 Å². The Morgan fingerprint density at radius 3 is 2.48 bits per heavy atom. The summed E-state index contributed by atoms with van der Waals surface area (Å²) >= 11 is 6.09. The van der Waals surface area contributed by atoms with Gasteiger partial charge in [0.25, 0.3) is 0 Å². The first kappa shape index (κ1) is 29.8. The molecule has 0 saturated carbocycles. The third kappa shape index (κ3) is 6.68. The number of hydrogen-bond donors (Lipinski definition) is 1. The molecule has 4 aromatic rings. The summed E-state index contributed by atoms with van der Waals surface area (Å²) in [7, 11) is -2.51. The van der Waals surface area contributed by atoms with E-state index in [0.717, 1.165) is 35.2 Å². The lowest BCUT2D eigenvalue weighted by Gasteiger charge is -2.24. The summed E-state index contributed by atoms with van der Waals surface area (Å²) in [4.78, 5) is 18.3. The van der Waals surface area contributed by atoms with E-state index < -0.39 is 22.5 Å². The number of rotatable bonds is 10. The van der Waals surface area contributed by atoms with Crippen molar-refractivity contribution in [2.45, 2.75) is 37.7 Å². The van der Waals surface area contributed by atoms with Crippen LogP contribution in [0.3, 0.4) is 0 Å². The van der Waals surface area contributed by atoms with Crippen LogP contribution >= 0.6 is 11.6 Å². The van der Waals surface area contributed by atoms with Crippen LogP contribution in [0.1, 0.15) is 24.0 Å². The molecule has 0 spiro atoms. The van der Waals surface area contributed by atoms with Crippen LogP contribution in [0, 0.1) is 13.8 Å². The fourth-order valence-electron chi connectivity index (χ4n) is 4.78. The highest BCUT2D eigenvalue weighted by Crippen LogP contribution is 2.27. The van der Waals surface area contributed by atoms with Crippen molar-refractivity contribution in [1.82, 2.24) is 13.9 Å². The second-order valence-electron chi connectivity index (χ2n) is 10.3. The Morgan fingerprint density at radius 1 is 1.10 bits per heavy atom. The van der Waals surface area contributed by atoms with Gasteiger partial charge in [0.1, 0.15) is 5.75 Å². The van der Waals surface area contributed by atoms with E-state index in [1.165, 1.54) is 23.5 Å². The molecule has 1 aliphatic rings. The SMILES string of the molecule is COc1ccc(S(=O)(=O)N(CC(=O)Nc2nc(-c3ccc(Cl)cc3)cn2-c2ccc(C)c(C)c2)CC2CCCO2)cc1. The first-order valence-corrected chi connectivity index (χ1v) is 15.4. The van der Waals surface area contributed by atoms with Gasteiger partial charge in [-0.3, -0.25) is 14.7 Å². The Bertz CT molecular complexity index is 1660. The topological polar surface area (TPSA) is 103 Å². The van der Waals surface area contributed by atoms with Crippen LogP contribution in [0.4, 0.5) is 5.95 Å². The highest BCUT2D eigenvalue weighted by atomic mass is 35.5. The predicted octanol–water partition coefficient (Wildman–Crippen LogP) is 5.63. The van der Waals surface area contributed by atoms with Gasteiger partial charge >= 0.3 is 0 Å². The largest absolute Gasteiger partial charge is 0.497 e. The van der Waals surface area contributed by atoms with Crippen molar-refractivity contribution in [3.05, 3.63) is 89.1 Å². The van der Waals surface area contributed by atoms with Crippen LogP contribution in [0.5, 0.6) is 5.75 Å². The fourth-order valence-corrected chi connectivity index (χ4v) is 6.34. The van der Waals surface area contributed by atoms with E-state index in [1.807, 2.05) is 50.4 Å². The number of sulfonamides is 1. The second-order valence-corrected chi connectivity index (χ2v) is 12.6. The zero-order chi connectivity index (χ0) is 29.9. The summed E-state index contributed by atoms with van der Waals surface area (Å²) < 4.78 is 41.3. The number of benzene rings is 3. The van der Waals surface area contributed by atoms with E-state index >= 15 is 0 Å². The number of aryl methyl sites for hydroxylation is 2. The van der Waals surface area contributed by atoms with Crippen LogP contribution in [0.25, 0.3) is 16.9 Å². The number of nitrogens with one attached hydrogen (secondary N) is 1. The number of nitrogens with zero attached hydrogens (tertiary/aromatic N) is 3. The average Bonchev–Trinajstić information content (AvgIpc) is 3.65. The molecule has 1 amide bonds. The van der Waals surface area contributed by atoms with Crippen LogP contribution in [0.15, 0.2) is 77.8 Å². The fraction of sp³-hybridized carbons (Fsp3) is 0.290. The molecule has 2 heterocycles. The lowest BCUT2D eigenvalue weighted by molar-refractivity contribution is -0.116. The molecule has 1 N–H and O–H groups in total. The van der Waals surface area contributed by atoms with Gasteiger partial charge in [0.05, 0.1) is 30.3 Å². The van der Waals surface area contributed by atoms with Gasteiger partial charge in [-0.25, -0.2) is 13.4 Å². The number of imidazole rings is 1. The molecule has 220 valence electrons. The molecule has 42 heavy (non-hydrogen) atoms. The van der Waals surface area contributed by atoms with Gasteiger partial charge < -0.3 is 9.47 Å². The Balaban J connectivity index is 1.45. The van der Waals surface area contributed by atoms with Crippen molar-refractivity contribution in [3.8, 4) is 22.7 Å². The van der Waals surface area contributed by atoms with Crippen molar-refractivity contribution in [3.63, 3.8) is 0 Å². The number of anilines is 1. The first-order chi connectivity index (χ1) is 20.1. The van der Waals surface area contributed by atoms with E-state index in [-0.39, 0.29) is 23.5 Å². The van der Waals surface area contributed by atoms with Crippen molar-refractivity contribution in [1.29, 1.82) is 0 Å². The molecule has 1 aromatic heterocycles. The van der Waals surface area contributed by atoms with Gasteiger partial charge in [0.15, 0.2) is 0 Å². The van der Waals surface area contributed by atoms with Gasteiger partial charge in [-0.1, -0.05) is 29.8 Å². The summed E-state index contributed by atoms with van der Waals surface area (Å²) in [6, 6.07) is 19.3. The van der Waals surface area contributed by atoms with Gasteiger partial charge in [0, 0.05) is 35.6 Å². The number of ether oxygens (including phenoxy) is 2. The molecule has 1 aliphatic heterocycles. The van der Waals surface area contributed by atoms with Crippen LogP contribution in [-0.2, 0) is 19.6 Å². The normalized spacial score (nSPS) is 15.2. The Morgan fingerprint density at radius 2 is 1.83 bits per heavy atom. The molecule has 1 fully saturated rings.